The average molecular weight is 320 g/mol. The first-order valence-corrected chi connectivity index (χ1v) is 8.66. The van der Waals surface area contributed by atoms with Crippen molar-refractivity contribution in [2.24, 2.45) is 5.73 Å². The quantitative estimate of drug-likeness (QED) is 0.819. The summed E-state index contributed by atoms with van der Waals surface area (Å²) in [6, 6.07) is 12.5. The minimum Gasteiger partial charge on any atom is -0.323 e. The van der Waals surface area contributed by atoms with E-state index in [0.717, 1.165) is 16.5 Å². The lowest BCUT2D eigenvalue weighted by atomic mass is 9.95. The van der Waals surface area contributed by atoms with Crippen molar-refractivity contribution in [1.82, 2.24) is 0 Å². The van der Waals surface area contributed by atoms with E-state index in [1.54, 1.807) is 0 Å². The third-order valence-electron chi connectivity index (χ3n) is 3.59. The van der Waals surface area contributed by atoms with Gasteiger partial charge in [-0.3, -0.25) is 0 Å². The number of halogens is 1. The Labute approximate surface area is 136 Å². The standard InChI is InChI=1S/C18H22ClNS/c1-12-8-13(2)18(14(3)9-12)17(20)11-21-10-15-4-6-16(19)7-5-15/h4-9,17H,10-11,20H2,1-3H3. The van der Waals surface area contributed by atoms with Gasteiger partial charge >= 0.3 is 0 Å². The van der Waals surface area contributed by atoms with E-state index in [1.807, 2.05) is 23.9 Å². The highest BCUT2D eigenvalue weighted by Crippen LogP contribution is 2.26. The summed E-state index contributed by atoms with van der Waals surface area (Å²) in [5.74, 6) is 1.89. The van der Waals surface area contributed by atoms with E-state index in [0.29, 0.717) is 0 Å². The molecule has 0 saturated carbocycles. The molecule has 21 heavy (non-hydrogen) atoms. The maximum Gasteiger partial charge on any atom is 0.0406 e. The highest BCUT2D eigenvalue weighted by atomic mass is 35.5. The molecule has 0 spiro atoms. The average Bonchev–Trinajstić information content (AvgIpc) is 2.40. The molecule has 2 N–H and O–H groups in total. The summed E-state index contributed by atoms with van der Waals surface area (Å²) in [6.07, 6.45) is 0. The Morgan fingerprint density at radius 1 is 1.05 bits per heavy atom. The van der Waals surface area contributed by atoms with Crippen molar-refractivity contribution in [1.29, 1.82) is 0 Å². The van der Waals surface area contributed by atoms with E-state index in [-0.39, 0.29) is 6.04 Å². The molecule has 0 fully saturated rings. The summed E-state index contributed by atoms with van der Waals surface area (Å²) in [5.41, 5.74) is 12.9. The Hall–Kier alpha value is -0.960. The highest BCUT2D eigenvalue weighted by Gasteiger charge is 2.12. The van der Waals surface area contributed by atoms with Crippen molar-refractivity contribution in [3.8, 4) is 0 Å². The van der Waals surface area contributed by atoms with Gasteiger partial charge in [0.05, 0.1) is 0 Å². The van der Waals surface area contributed by atoms with E-state index in [4.69, 9.17) is 17.3 Å². The van der Waals surface area contributed by atoms with Gasteiger partial charge in [-0.25, -0.2) is 0 Å². The predicted molar refractivity (Wildman–Crippen MR) is 95.2 cm³/mol. The van der Waals surface area contributed by atoms with Crippen molar-refractivity contribution in [3.05, 3.63) is 69.2 Å². The first-order chi connectivity index (χ1) is 9.97. The summed E-state index contributed by atoms with van der Waals surface area (Å²) in [6.45, 7) is 6.43. The number of thioether (sulfide) groups is 1. The number of hydrogen-bond acceptors (Lipinski definition) is 2. The molecule has 2 aromatic rings. The summed E-state index contributed by atoms with van der Waals surface area (Å²) in [5, 5.41) is 0.784. The first kappa shape index (κ1) is 16.4. The predicted octanol–water partition coefficient (Wildman–Crippen LogP) is 5.20. The molecule has 0 heterocycles. The van der Waals surface area contributed by atoms with Crippen LogP contribution in [0.5, 0.6) is 0 Å². The molecule has 2 rings (SSSR count). The van der Waals surface area contributed by atoms with Gasteiger partial charge in [0.15, 0.2) is 0 Å². The van der Waals surface area contributed by atoms with Gasteiger partial charge in [0, 0.05) is 22.6 Å². The molecule has 0 amide bonds. The molecule has 1 atom stereocenters. The number of rotatable bonds is 5. The zero-order valence-corrected chi connectivity index (χ0v) is 14.4. The zero-order valence-electron chi connectivity index (χ0n) is 12.8. The summed E-state index contributed by atoms with van der Waals surface area (Å²) >= 11 is 7.77. The molecular formula is C18H22ClNS. The van der Waals surface area contributed by atoms with Gasteiger partial charge in [0.2, 0.25) is 0 Å². The summed E-state index contributed by atoms with van der Waals surface area (Å²) in [7, 11) is 0. The molecule has 0 aliphatic carbocycles. The molecule has 0 aliphatic heterocycles. The fraction of sp³-hybridized carbons (Fsp3) is 0.333. The van der Waals surface area contributed by atoms with Gasteiger partial charge in [0.25, 0.3) is 0 Å². The normalized spacial score (nSPS) is 12.4. The fourth-order valence-electron chi connectivity index (χ4n) is 2.74. The fourth-order valence-corrected chi connectivity index (χ4v) is 3.84. The van der Waals surface area contributed by atoms with Gasteiger partial charge in [-0.05, 0) is 55.2 Å². The van der Waals surface area contributed by atoms with E-state index in [1.165, 1.54) is 27.8 Å². The van der Waals surface area contributed by atoms with Crippen LogP contribution < -0.4 is 5.73 Å². The Kier molecular flexibility index (Phi) is 5.74. The maximum absolute atomic E-state index is 6.39. The molecule has 0 bridgehead atoms. The van der Waals surface area contributed by atoms with E-state index >= 15 is 0 Å². The Balaban J connectivity index is 1.96. The molecule has 0 radical (unpaired) electrons. The van der Waals surface area contributed by atoms with Crippen LogP contribution in [0, 0.1) is 20.8 Å². The first-order valence-electron chi connectivity index (χ1n) is 7.13. The molecule has 0 aliphatic rings. The Morgan fingerprint density at radius 2 is 1.62 bits per heavy atom. The van der Waals surface area contributed by atoms with Crippen LogP contribution >= 0.6 is 23.4 Å². The lowest BCUT2D eigenvalue weighted by Crippen LogP contribution is -2.16. The van der Waals surface area contributed by atoms with Gasteiger partial charge < -0.3 is 5.73 Å². The Bertz CT molecular complexity index is 584. The van der Waals surface area contributed by atoms with Gasteiger partial charge in [-0.1, -0.05) is 41.4 Å². The van der Waals surface area contributed by atoms with Gasteiger partial charge in [-0.15, -0.1) is 0 Å². The molecular weight excluding hydrogens is 298 g/mol. The topological polar surface area (TPSA) is 26.0 Å². The largest absolute Gasteiger partial charge is 0.323 e. The number of aryl methyl sites for hydroxylation is 3. The van der Waals surface area contributed by atoms with E-state index in [2.05, 4.69) is 45.0 Å². The summed E-state index contributed by atoms with van der Waals surface area (Å²) in [4.78, 5) is 0. The van der Waals surface area contributed by atoms with E-state index < -0.39 is 0 Å². The minimum absolute atomic E-state index is 0.0860. The van der Waals surface area contributed by atoms with Crippen LogP contribution in [-0.4, -0.2) is 5.75 Å². The zero-order chi connectivity index (χ0) is 15.4. The van der Waals surface area contributed by atoms with Crippen molar-refractivity contribution < 1.29 is 0 Å². The van der Waals surface area contributed by atoms with Crippen LogP contribution in [0.1, 0.15) is 33.9 Å². The lowest BCUT2D eigenvalue weighted by molar-refractivity contribution is 0.812. The van der Waals surface area contributed by atoms with Crippen LogP contribution in [-0.2, 0) is 5.75 Å². The van der Waals surface area contributed by atoms with Crippen molar-refractivity contribution >= 4 is 23.4 Å². The molecule has 3 heteroatoms. The third kappa shape index (κ3) is 4.50. The second-order valence-electron chi connectivity index (χ2n) is 5.56. The number of benzene rings is 2. The monoisotopic (exact) mass is 319 g/mol. The highest BCUT2D eigenvalue weighted by molar-refractivity contribution is 7.98. The molecule has 0 saturated heterocycles. The second kappa shape index (κ2) is 7.35. The molecule has 0 aromatic heterocycles. The smallest absolute Gasteiger partial charge is 0.0406 e. The minimum atomic E-state index is 0.0860. The lowest BCUT2D eigenvalue weighted by Gasteiger charge is -2.18. The maximum atomic E-state index is 6.39. The summed E-state index contributed by atoms with van der Waals surface area (Å²) < 4.78 is 0. The van der Waals surface area contributed by atoms with Crippen LogP contribution in [0.3, 0.4) is 0 Å². The molecule has 2 aromatic carbocycles. The SMILES string of the molecule is Cc1cc(C)c(C(N)CSCc2ccc(Cl)cc2)c(C)c1. The van der Waals surface area contributed by atoms with Crippen LogP contribution in [0.25, 0.3) is 0 Å². The van der Waals surface area contributed by atoms with Crippen molar-refractivity contribution in [2.75, 3.05) is 5.75 Å². The van der Waals surface area contributed by atoms with Gasteiger partial charge in [0.1, 0.15) is 0 Å². The molecule has 1 nitrogen and oxygen atoms in total. The third-order valence-corrected chi connectivity index (χ3v) is 4.97. The molecule has 112 valence electrons. The van der Waals surface area contributed by atoms with Crippen LogP contribution in [0.15, 0.2) is 36.4 Å². The van der Waals surface area contributed by atoms with Crippen molar-refractivity contribution in [2.45, 2.75) is 32.6 Å². The van der Waals surface area contributed by atoms with Gasteiger partial charge in [-0.2, -0.15) is 11.8 Å². The Morgan fingerprint density at radius 3 is 2.19 bits per heavy atom. The van der Waals surface area contributed by atoms with Crippen LogP contribution in [0.2, 0.25) is 5.02 Å². The number of hydrogen-bond donors (Lipinski definition) is 1. The van der Waals surface area contributed by atoms with Crippen LogP contribution in [0.4, 0.5) is 0 Å². The number of nitrogens with two attached hydrogens (primary N) is 1. The molecule has 1 unspecified atom stereocenters. The second-order valence-corrected chi connectivity index (χ2v) is 7.03. The van der Waals surface area contributed by atoms with E-state index in [9.17, 15) is 0 Å². The van der Waals surface area contributed by atoms with Crippen molar-refractivity contribution in [3.63, 3.8) is 0 Å².